The van der Waals surface area contributed by atoms with Gasteiger partial charge in [-0.1, -0.05) is 12.1 Å². The van der Waals surface area contributed by atoms with Crippen LogP contribution in [0.4, 0.5) is 11.5 Å². The van der Waals surface area contributed by atoms with E-state index in [2.05, 4.69) is 42.3 Å². The number of nitrogens with zero attached hydrogens (tertiary/aromatic N) is 4. The maximum absolute atomic E-state index is 12.5. The van der Waals surface area contributed by atoms with E-state index in [1.807, 2.05) is 24.4 Å². The first kappa shape index (κ1) is 18.3. The van der Waals surface area contributed by atoms with Gasteiger partial charge in [-0.15, -0.1) is 0 Å². The average Bonchev–Trinajstić information content (AvgIpc) is 3.29. The number of benzene rings is 1. The highest BCUT2D eigenvalue weighted by Crippen LogP contribution is 2.32. The van der Waals surface area contributed by atoms with Crippen molar-refractivity contribution in [1.29, 1.82) is 0 Å². The molecule has 150 valence electrons. The molecule has 0 aliphatic carbocycles. The molecule has 30 heavy (non-hydrogen) atoms. The highest BCUT2D eigenvalue weighted by molar-refractivity contribution is 6.04. The lowest BCUT2D eigenvalue weighted by atomic mass is 9.90. The van der Waals surface area contributed by atoms with Crippen LogP contribution in [-0.2, 0) is 0 Å². The third-order valence-electron chi connectivity index (χ3n) is 5.61. The second kappa shape index (κ2) is 7.94. The molecule has 0 saturated carbocycles. The molecule has 1 aliphatic heterocycles. The van der Waals surface area contributed by atoms with E-state index < -0.39 is 0 Å². The Morgan fingerprint density at radius 2 is 2.03 bits per heavy atom. The molecule has 0 unspecified atom stereocenters. The van der Waals surface area contributed by atoms with Crippen molar-refractivity contribution in [2.24, 2.45) is 0 Å². The number of carbonyl (C=O) groups excluding carboxylic acids is 1. The number of carbonyl (C=O) groups is 1. The molecule has 1 saturated heterocycles. The standard InChI is InChI=1S/C23H22N6O/c30-23(16-6-9-24-10-7-16)28-19-5-1-3-17(13-19)18-4-2-12-29(14-18)22-20-8-11-25-21(20)26-15-27-22/h1,3,5-11,13,15,18H,2,4,12,14H2,(H,28,30)(H,25,26,27)/t18-/m1/s1. The van der Waals surface area contributed by atoms with Crippen molar-refractivity contribution >= 4 is 28.4 Å². The summed E-state index contributed by atoms with van der Waals surface area (Å²) < 4.78 is 0. The minimum absolute atomic E-state index is 0.129. The highest BCUT2D eigenvalue weighted by atomic mass is 16.1. The zero-order valence-electron chi connectivity index (χ0n) is 16.5. The van der Waals surface area contributed by atoms with Gasteiger partial charge in [-0.25, -0.2) is 9.97 Å². The Bertz CT molecular complexity index is 1170. The number of hydrogen-bond donors (Lipinski definition) is 2. The Balaban J connectivity index is 1.35. The SMILES string of the molecule is O=C(Nc1cccc([C@@H]2CCCN(c3ncnc4[nH]ccc34)C2)c1)c1ccncc1. The molecule has 4 aromatic rings. The second-order valence-corrected chi connectivity index (χ2v) is 7.54. The molecule has 1 aromatic carbocycles. The summed E-state index contributed by atoms with van der Waals surface area (Å²) in [6.07, 6.45) is 8.97. The molecule has 3 aromatic heterocycles. The number of aromatic nitrogens is 4. The van der Waals surface area contributed by atoms with Crippen LogP contribution in [0.5, 0.6) is 0 Å². The number of pyridine rings is 1. The predicted octanol–water partition coefficient (Wildman–Crippen LogP) is 3.99. The molecule has 1 amide bonds. The molecule has 1 aliphatic rings. The average molecular weight is 398 g/mol. The van der Waals surface area contributed by atoms with Gasteiger partial charge in [0.2, 0.25) is 0 Å². The van der Waals surface area contributed by atoms with Crippen molar-refractivity contribution < 1.29 is 4.79 Å². The van der Waals surface area contributed by atoms with Gasteiger partial charge in [0.05, 0.1) is 5.39 Å². The summed E-state index contributed by atoms with van der Waals surface area (Å²) >= 11 is 0. The Labute approximate surface area is 174 Å². The van der Waals surface area contributed by atoms with Crippen LogP contribution in [-0.4, -0.2) is 38.9 Å². The van der Waals surface area contributed by atoms with E-state index in [9.17, 15) is 4.79 Å². The Kier molecular flexibility index (Phi) is 4.85. The van der Waals surface area contributed by atoms with Gasteiger partial charge < -0.3 is 15.2 Å². The maximum Gasteiger partial charge on any atom is 0.255 e. The molecule has 4 heterocycles. The van der Waals surface area contributed by atoms with E-state index in [1.54, 1.807) is 30.9 Å². The lowest BCUT2D eigenvalue weighted by molar-refractivity contribution is 0.102. The van der Waals surface area contributed by atoms with Crippen LogP contribution < -0.4 is 10.2 Å². The number of anilines is 2. The summed E-state index contributed by atoms with van der Waals surface area (Å²) in [5.41, 5.74) is 3.49. The summed E-state index contributed by atoms with van der Waals surface area (Å²) in [6, 6.07) is 13.6. The van der Waals surface area contributed by atoms with Crippen molar-refractivity contribution in [3.63, 3.8) is 0 Å². The number of aromatic amines is 1. The smallest absolute Gasteiger partial charge is 0.255 e. The largest absolute Gasteiger partial charge is 0.355 e. The number of fused-ring (bicyclic) bond motifs is 1. The highest BCUT2D eigenvalue weighted by Gasteiger charge is 2.24. The Hall–Kier alpha value is -3.74. The van der Waals surface area contributed by atoms with Crippen molar-refractivity contribution in [3.8, 4) is 0 Å². The molecule has 7 heteroatoms. The molecule has 0 spiro atoms. The fourth-order valence-corrected chi connectivity index (χ4v) is 4.13. The molecule has 0 radical (unpaired) electrons. The van der Waals surface area contributed by atoms with Gasteiger partial charge in [0.1, 0.15) is 17.8 Å². The topological polar surface area (TPSA) is 86.8 Å². The summed E-state index contributed by atoms with van der Waals surface area (Å²) in [7, 11) is 0. The third-order valence-corrected chi connectivity index (χ3v) is 5.61. The molecule has 0 bridgehead atoms. The van der Waals surface area contributed by atoms with Gasteiger partial charge in [-0.3, -0.25) is 9.78 Å². The number of piperidine rings is 1. The molecule has 5 rings (SSSR count). The molecular weight excluding hydrogens is 376 g/mol. The summed E-state index contributed by atoms with van der Waals surface area (Å²) in [5, 5.41) is 4.05. The van der Waals surface area contributed by atoms with Crippen molar-refractivity contribution in [3.05, 3.63) is 78.5 Å². The van der Waals surface area contributed by atoms with Gasteiger partial charge in [0.25, 0.3) is 5.91 Å². The van der Waals surface area contributed by atoms with Gasteiger partial charge in [0, 0.05) is 48.8 Å². The normalized spacial score (nSPS) is 16.5. The van der Waals surface area contributed by atoms with Crippen LogP contribution in [0.2, 0.25) is 0 Å². The summed E-state index contributed by atoms with van der Waals surface area (Å²) in [6.45, 7) is 1.87. The Morgan fingerprint density at radius 1 is 1.13 bits per heavy atom. The fraction of sp³-hybridized carbons (Fsp3) is 0.217. The number of amides is 1. The van der Waals surface area contributed by atoms with E-state index in [1.165, 1.54) is 5.56 Å². The minimum atomic E-state index is -0.129. The number of H-pyrrole nitrogens is 1. The molecule has 1 fully saturated rings. The van der Waals surface area contributed by atoms with E-state index in [-0.39, 0.29) is 5.91 Å². The monoisotopic (exact) mass is 398 g/mol. The van der Waals surface area contributed by atoms with Crippen LogP contribution in [0.15, 0.2) is 67.4 Å². The lowest BCUT2D eigenvalue weighted by Gasteiger charge is -2.34. The molecule has 2 N–H and O–H groups in total. The van der Waals surface area contributed by atoms with E-state index >= 15 is 0 Å². The quantitative estimate of drug-likeness (QED) is 0.543. The first-order valence-electron chi connectivity index (χ1n) is 10.1. The first-order valence-corrected chi connectivity index (χ1v) is 10.1. The number of hydrogen-bond acceptors (Lipinski definition) is 5. The van der Waals surface area contributed by atoms with Crippen LogP contribution in [0.25, 0.3) is 11.0 Å². The number of rotatable bonds is 4. The van der Waals surface area contributed by atoms with Gasteiger partial charge in [-0.05, 0) is 48.7 Å². The van der Waals surface area contributed by atoms with Gasteiger partial charge >= 0.3 is 0 Å². The third kappa shape index (κ3) is 3.61. The second-order valence-electron chi connectivity index (χ2n) is 7.54. The fourth-order valence-electron chi connectivity index (χ4n) is 4.13. The molecule has 7 nitrogen and oxygen atoms in total. The van der Waals surface area contributed by atoms with Gasteiger partial charge in [-0.2, -0.15) is 0 Å². The molecule has 1 atom stereocenters. The van der Waals surface area contributed by atoms with E-state index in [0.29, 0.717) is 11.5 Å². The molecular formula is C23H22N6O. The van der Waals surface area contributed by atoms with E-state index in [0.717, 1.165) is 48.5 Å². The minimum Gasteiger partial charge on any atom is -0.355 e. The van der Waals surface area contributed by atoms with Gasteiger partial charge in [0.15, 0.2) is 0 Å². The van der Waals surface area contributed by atoms with Crippen molar-refractivity contribution in [1.82, 2.24) is 19.9 Å². The van der Waals surface area contributed by atoms with Crippen LogP contribution in [0.1, 0.15) is 34.7 Å². The van der Waals surface area contributed by atoms with E-state index in [4.69, 9.17) is 0 Å². The summed E-state index contributed by atoms with van der Waals surface area (Å²) in [4.78, 5) is 30.8. The van der Waals surface area contributed by atoms with Crippen LogP contribution >= 0.6 is 0 Å². The number of nitrogens with one attached hydrogen (secondary N) is 2. The zero-order chi connectivity index (χ0) is 20.3. The summed E-state index contributed by atoms with van der Waals surface area (Å²) in [5.74, 6) is 1.23. The maximum atomic E-state index is 12.5. The van der Waals surface area contributed by atoms with Crippen LogP contribution in [0, 0.1) is 0 Å². The lowest BCUT2D eigenvalue weighted by Crippen LogP contribution is -2.35. The predicted molar refractivity (Wildman–Crippen MR) is 117 cm³/mol. The zero-order valence-corrected chi connectivity index (χ0v) is 16.5. The van der Waals surface area contributed by atoms with Crippen LogP contribution in [0.3, 0.4) is 0 Å². The van der Waals surface area contributed by atoms with Crippen molar-refractivity contribution in [2.45, 2.75) is 18.8 Å². The first-order chi connectivity index (χ1) is 14.8. The Morgan fingerprint density at radius 3 is 2.93 bits per heavy atom. The van der Waals surface area contributed by atoms with Crippen molar-refractivity contribution in [2.75, 3.05) is 23.3 Å².